The first kappa shape index (κ1) is 26.8. The van der Waals surface area contributed by atoms with E-state index in [1.807, 2.05) is 72.8 Å². The molecule has 0 aliphatic heterocycles. The average molecular weight is 525 g/mol. The summed E-state index contributed by atoms with van der Waals surface area (Å²) >= 11 is 0. The molecule has 8 nitrogen and oxygen atoms in total. The van der Waals surface area contributed by atoms with E-state index in [0.29, 0.717) is 40.8 Å². The van der Waals surface area contributed by atoms with Crippen molar-refractivity contribution in [2.24, 2.45) is 0 Å². The number of ether oxygens (including phenoxy) is 2. The van der Waals surface area contributed by atoms with Gasteiger partial charge in [-0.15, -0.1) is 0 Å². The normalized spacial score (nSPS) is 11.4. The van der Waals surface area contributed by atoms with Crippen LogP contribution < -0.4 is 25.3 Å². The molecule has 0 aliphatic rings. The van der Waals surface area contributed by atoms with Crippen LogP contribution >= 0.6 is 0 Å². The highest BCUT2D eigenvalue weighted by Gasteiger charge is 2.07. The van der Waals surface area contributed by atoms with Crippen molar-refractivity contribution < 1.29 is 29.0 Å². The number of para-hydroxylation sites is 1. The summed E-state index contributed by atoms with van der Waals surface area (Å²) in [4.78, 5) is 21.8. The van der Waals surface area contributed by atoms with Gasteiger partial charge in [-0.3, -0.25) is 10.3 Å². The van der Waals surface area contributed by atoms with Crippen molar-refractivity contribution in [1.29, 1.82) is 0 Å². The van der Waals surface area contributed by atoms with Gasteiger partial charge in [0.05, 0.1) is 18.9 Å². The lowest BCUT2D eigenvalue weighted by Gasteiger charge is -2.13. The molecule has 198 valence electrons. The van der Waals surface area contributed by atoms with Crippen LogP contribution in [0.4, 0.5) is 0 Å². The number of hydrogen-bond donors (Lipinski definition) is 3. The van der Waals surface area contributed by atoms with Crippen LogP contribution in [0.2, 0.25) is 0 Å². The van der Waals surface area contributed by atoms with Crippen molar-refractivity contribution in [3.63, 3.8) is 0 Å². The third kappa shape index (κ3) is 8.41. The third-order valence-electron chi connectivity index (χ3n) is 5.39. The Morgan fingerprint density at radius 1 is 0.718 bits per heavy atom. The fourth-order valence-electron chi connectivity index (χ4n) is 3.46. The topological polar surface area (TPSA) is 98.3 Å². The van der Waals surface area contributed by atoms with Gasteiger partial charge < -0.3 is 19.4 Å². The Balaban J connectivity index is 1.33. The summed E-state index contributed by atoms with van der Waals surface area (Å²) in [5.74, 6) is 0.768. The Bertz CT molecular complexity index is 1390. The van der Waals surface area contributed by atoms with Gasteiger partial charge in [0.25, 0.3) is 0 Å². The second-order valence-corrected chi connectivity index (χ2v) is 8.19. The molecule has 0 fully saturated rings. The van der Waals surface area contributed by atoms with Crippen LogP contribution in [0.5, 0.6) is 17.2 Å². The molecule has 4 aromatic rings. The number of carboxylic acids is 1. The first-order chi connectivity index (χ1) is 19.1. The van der Waals surface area contributed by atoms with E-state index in [4.69, 9.17) is 19.1 Å². The number of carboxylic acid groups (broad SMARTS) is 1. The number of carbonyl (C=O) groups is 1. The van der Waals surface area contributed by atoms with Crippen LogP contribution in [0.3, 0.4) is 0 Å². The molecule has 0 bridgehead atoms. The highest BCUT2D eigenvalue weighted by Crippen LogP contribution is 2.21. The molecule has 0 aromatic heterocycles. The Morgan fingerprint density at radius 2 is 1.33 bits per heavy atom. The van der Waals surface area contributed by atoms with Gasteiger partial charge in [0.1, 0.15) is 30.1 Å². The first-order valence-electron chi connectivity index (χ1n) is 12.1. The summed E-state index contributed by atoms with van der Waals surface area (Å²) in [5.41, 5.74) is 9.05. The maximum absolute atomic E-state index is 11.3. The summed E-state index contributed by atoms with van der Waals surface area (Å²) in [6.45, 7) is 0.350. The van der Waals surface area contributed by atoms with E-state index in [2.05, 4.69) is 11.0 Å². The maximum Gasteiger partial charge on any atom is 0.330 e. The Kier molecular flexibility index (Phi) is 9.58. The van der Waals surface area contributed by atoms with E-state index < -0.39 is 5.97 Å². The number of aliphatic carboxylic acids is 1. The Hall–Kier alpha value is -5.21. The molecule has 0 atom stereocenters. The average Bonchev–Trinajstić information content (AvgIpc) is 2.98. The predicted octanol–water partition coefficient (Wildman–Crippen LogP) is 5.80. The molecule has 4 aromatic carbocycles. The monoisotopic (exact) mass is 524 g/mol. The number of benzene rings is 4. The van der Waals surface area contributed by atoms with Crippen molar-refractivity contribution >= 4 is 17.4 Å². The molecule has 39 heavy (non-hydrogen) atoms. The summed E-state index contributed by atoms with van der Waals surface area (Å²) < 4.78 is 11.7. The molecule has 4 rings (SSSR count). The van der Waals surface area contributed by atoms with Gasteiger partial charge in [0, 0.05) is 11.1 Å². The van der Waals surface area contributed by atoms with Gasteiger partial charge >= 0.3 is 5.97 Å². The zero-order chi connectivity index (χ0) is 27.3. The fraction of sp³-hybridized carbons (Fsp3) is 0.0645. The van der Waals surface area contributed by atoms with E-state index in [1.54, 1.807) is 49.8 Å². The molecule has 0 amide bonds. The molecular weight excluding hydrogens is 496 g/mol. The third-order valence-corrected chi connectivity index (χ3v) is 5.39. The van der Waals surface area contributed by atoms with Gasteiger partial charge in [-0.1, -0.05) is 60.7 Å². The van der Waals surface area contributed by atoms with Crippen LogP contribution in [-0.4, -0.2) is 18.2 Å². The lowest BCUT2D eigenvalue weighted by Crippen LogP contribution is -2.18. The minimum atomic E-state index is -1.09. The molecule has 0 unspecified atom stereocenters. The second-order valence-electron chi connectivity index (χ2n) is 8.19. The second kappa shape index (κ2) is 13.9. The van der Waals surface area contributed by atoms with Gasteiger partial charge in [-0.2, -0.15) is 0 Å². The fourth-order valence-corrected chi connectivity index (χ4v) is 3.46. The van der Waals surface area contributed by atoms with E-state index in [-0.39, 0.29) is 0 Å². The summed E-state index contributed by atoms with van der Waals surface area (Å²) in [6.07, 6.45) is 2.64. The van der Waals surface area contributed by atoms with E-state index >= 15 is 0 Å². The Labute approximate surface area is 226 Å². The number of hydrogen-bond acceptors (Lipinski definition) is 7. The van der Waals surface area contributed by atoms with Crippen molar-refractivity contribution in [1.82, 2.24) is 11.0 Å². The lowest BCUT2D eigenvalue weighted by atomic mass is 10.1. The minimum absolute atomic E-state index is 0.304. The van der Waals surface area contributed by atoms with Crippen LogP contribution in [0.1, 0.15) is 16.7 Å². The van der Waals surface area contributed by atoms with E-state index in [0.717, 1.165) is 17.2 Å². The standard InChI is InChI=1S/C31H28N2O6/c1-36-32-30(24-8-4-2-5-9-24)22-38-26-16-12-23(13-17-26)21-37-27-18-14-25(15-19-27)29(20-31(34)35)33-39-28-10-6-3-7-11-28/h2-20,22,32-33H,21H2,1H3,(H,34,35). The Morgan fingerprint density at radius 3 is 1.97 bits per heavy atom. The van der Waals surface area contributed by atoms with Gasteiger partial charge in [0.15, 0.2) is 5.75 Å². The molecule has 0 saturated carbocycles. The quantitative estimate of drug-likeness (QED) is 0.115. The highest BCUT2D eigenvalue weighted by molar-refractivity contribution is 5.89. The molecular formula is C31H28N2O6. The maximum atomic E-state index is 11.3. The molecule has 3 N–H and O–H groups in total. The van der Waals surface area contributed by atoms with Crippen LogP contribution in [0, 0.1) is 0 Å². The smallest absolute Gasteiger partial charge is 0.330 e. The zero-order valence-corrected chi connectivity index (χ0v) is 21.2. The molecule has 8 heteroatoms. The molecule has 0 heterocycles. The SMILES string of the molecule is CONC(=COc1ccc(COc2ccc(C(=CC(=O)O)NOc3ccccc3)cc2)cc1)c1ccccc1. The van der Waals surface area contributed by atoms with Crippen molar-refractivity contribution in [3.8, 4) is 17.2 Å². The van der Waals surface area contributed by atoms with Crippen molar-refractivity contribution in [2.75, 3.05) is 7.11 Å². The molecule has 0 spiro atoms. The van der Waals surface area contributed by atoms with E-state index in [1.165, 1.54) is 0 Å². The number of nitrogens with one attached hydrogen (secondary N) is 2. The number of hydroxylamine groups is 2. The van der Waals surface area contributed by atoms with E-state index in [9.17, 15) is 9.90 Å². The van der Waals surface area contributed by atoms with Gasteiger partial charge in [0.2, 0.25) is 0 Å². The zero-order valence-electron chi connectivity index (χ0n) is 21.2. The molecule has 0 saturated heterocycles. The predicted molar refractivity (Wildman–Crippen MR) is 148 cm³/mol. The molecule has 0 radical (unpaired) electrons. The van der Waals surface area contributed by atoms with Crippen molar-refractivity contribution in [2.45, 2.75) is 6.61 Å². The van der Waals surface area contributed by atoms with Gasteiger partial charge in [-0.05, 0) is 54.1 Å². The number of rotatable bonds is 13. The first-order valence-corrected chi connectivity index (χ1v) is 12.1. The summed E-state index contributed by atoms with van der Waals surface area (Å²) in [7, 11) is 1.54. The summed E-state index contributed by atoms with van der Waals surface area (Å²) in [6, 6.07) is 33.4. The largest absolute Gasteiger partial charge is 0.489 e. The summed E-state index contributed by atoms with van der Waals surface area (Å²) in [5, 5.41) is 9.25. The van der Waals surface area contributed by atoms with Crippen molar-refractivity contribution in [3.05, 3.63) is 138 Å². The van der Waals surface area contributed by atoms with Crippen LogP contribution in [0.25, 0.3) is 11.4 Å². The molecule has 0 aliphatic carbocycles. The van der Waals surface area contributed by atoms with Crippen LogP contribution in [0.15, 0.2) is 122 Å². The highest BCUT2D eigenvalue weighted by atomic mass is 16.6. The lowest BCUT2D eigenvalue weighted by molar-refractivity contribution is -0.131. The minimum Gasteiger partial charge on any atom is -0.489 e. The van der Waals surface area contributed by atoms with Gasteiger partial charge in [-0.25, -0.2) is 10.3 Å². The van der Waals surface area contributed by atoms with Crippen LogP contribution in [-0.2, 0) is 16.2 Å².